The van der Waals surface area contributed by atoms with Crippen molar-refractivity contribution < 1.29 is 9.47 Å². The Hall–Kier alpha value is -1.10. The van der Waals surface area contributed by atoms with Crippen LogP contribution < -0.4 is 10.1 Å². The first-order valence-corrected chi connectivity index (χ1v) is 6.94. The fourth-order valence-electron chi connectivity index (χ4n) is 2.35. The summed E-state index contributed by atoms with van der Waals surface area (Å²) in [6.07, 6.45) is 0. The van der Waals surface area contributed by atoms with Crippen LogP contribution in [0.25, 0.3) is 0 Å². The fourth-order valence-corrected chi connectivity index (χ4v) is 2.35. The highest BCUT2D eigenvalue weighted by Crippen LogP contribution is 2.18. The van der Waals surface area contributed by atoms with E-state index in [2.05, 4.69) is 29.3 Å². The number of aryl methyl sites for hydroxylation is 1. The van der Waals surface area contributed by atoms with E-state index < -0.39 is 0 Å². The van der Waals surface area contributed by atoms with Gasteiger partial charge in [-0.05, 0) is 24.1 Å². The Kier molecular flexibility index (Phi) is 5.63. The molecule has 2 rings (SSSR count). The number of nitrogens with one attached hydrogen (secondary N) is 1. The number of nitrogens with zero attached hydrogens (tertiary/aromatic N) is 1. The van der Waals surface area contributed by atoms with Crippen molar-refractivity contribution in [2.75, 3.05) is 46.5 Å². The van der Waals surface area contributed by atoms with Crippen LogP contribution in [-0.2, 0) is 11.3 Å². The predicted octanol–water partition coefficient (Wildman–Crippen LogP) is 1.43. The molecule has 1 aromatic carbocycles. The van der Waals surface area contributed by atoms with Crippen molar-refractivity contribution >= 4 is 0 Å². The quantitative estimate of drug-likeness (QED) is 0.788. The minimum Gasteiger partial charge on any atom is -0.496 e. The molecule has 0 aliphatic carbocycles. The minimum atomic E-state index is 0.873. The Morgan fingerprint density at radius 3 is 2.79 bits per heavy atom. The molecule has 0 radical (unpaired) electrons. The van der Waals surface area contributed by atoms with Crippen molar-refractivity contribution in [3.63, 3.8) is 0 Å². The number of rotatable bonds is 6. The van der Waals surface area contributed by atoms with Crippen LogP contribution in [0.3, 0.4) is 0 Å². The normalized spacial score (nSPS) is 16.5. The van der Waals surface area contributed by atoms with E-state index in [1.165, 1.54) is 11.1 Å². The highest BCUT2D eigenvalue weighted by atomic mass is 16.5. The van der Waals surface area contributed by atoms with Gasteiger partial charge in [-0.1, -0.05) is 12.1 Å². The van der Waals surface area contributed by atoms with Crippen LogP contribution in [-0.4, -0.2) is 51.4 Å². The molecular formula is C15H24N2O2. The number of methoxy groups -OCH3 is 1. The SMILES string of the molecule is COc1ccc(CNCCN2CCOCC2)cc1C. The van der Waals surface area contributed by atoms with E-state index in [-0.39, 0.29) is 0 Å². The van der Waals surface area contributed by atoms with E-state index in [4.69, 9.17) is 9.47 Å². The molecular weight excluding hydrogens is 240 g/mol. The van der Waals surface area contributed by atoms with Crippen molar-refractivity contribution in [1.29, 1.82) is 0 Å². The minimum absolute atomic E-state index is 0.873. The number of morpholine rings is 1. The van der Waals surface area contributed by atoms with Gasteiger partial charge < -0.3 is 14.8 Å². The molecule has 1 aliphatic rings. The Morgan fingerprint density at radius 2 is 2.11 bits per heavy atom. The second-order valence-electron chi connectivity index (χ2n) is 4.93. The second-order valence-corrected chi connectivity index (χ2v) is 4.93. The second kappa shape index (κ2) is 7.48. The van der Waals surface area contributed by atoms with Gasteiger partial charge >= 0.3 is 0 Å². The fraction of sp³-hybridized carbons (Fsp3) is 0.600. The molecule has 1 heterocycles. The van der Waals surface area contributed by atoms with Crippen molar-refractivity contribution in [1.82, 2.24) is 10.2 Å². The van der Waals surface area contributed by atoms with E-state index in [0.29, 0.717) is 0 Å². The number of hydrogen-bond acceptors (Lipinski definition) is 4. The predicted molar refractivity (Wildman–Crippen MR) is 76.7 cm³/mol. The van der Waals surface area contributed by atoms with Gasteiger partial charge in [-0.2, -0.15) is 0 Å². The zero-order chi connectivity index (χ0) is 13.5. The van der Waals surface area contributed by atoms with E-state index >= 15 is 0 Å². The van der Waals surface area contributed by atoms with Gasteiger partial charge in [0.1, 0.15) is 5.75 Å². The molecule has 1 aromatic rings. The highest BCUT2D eigenvalue weighted by Gasteiger charge is 2.08. The summed E-state index contributed by atoms with van der Waals surface area (Å²) in [5.41, 5.74) is 2.50. The topological polar surface area (TPSA) is 33.7 Å². The summed E-state index contributed by atoms with van der Waals surface area (Å²) in [7, 11) is 1.71. The van der Waals surface area contributed by atoms with Crippen LogP contribution >= 0.6 is 0 Å². The summed E-state index contributed by atoms with van der Waals surface area (Å²) >= 11 is 0. The van der Waals surface area contributed by atoms with Crippen LogP contribution in [0, 0.1) is 6.92 Å². The summed E-state index contributed by atoms with van der Waals surface area (Å²) in [6.45, 7) is 8.97. The summed E-state index contributed by atoms with van der Waals surface area (Å²) in [5.74, 6) is 0.956. The van der Waals surface area contributed by atoms with Crippen LogP contribution in [0.2, 0.25) is 0 Å². The monoisotopic (exact) mass is 264 g/mol. The molecule has 19 heavy (non-hydrogen) atoms. The Morgan fingerprint density at radius 1 is 1.32 bits per heavy atom. The maximum Gasteiger partial charge on any atom is 0.121 e. The Balaban J connectivity index is 1.69. The first-order valence-electron chi connectivity index (χ1n) is 6.94. The van der Waals surface area contributed by atoms with Gasteiger partial charge in [-0.25, -0.2) is 0 Å². The molecule has 0 unspecified atom stereocenters. The van der Waals surface area contributed by atoms with Crippen LogP contribution in [0.4, 0.5) is 0 Å². The lowest BCUT2D eigenvalue weighted by molar-refractivity contribution is 0.0384. The van der Waals surface area contributed by atoms with E-state index in [9.17, 15) is 0 Å². The molecule has 4 heteroatoms. The maximum absolute atomic E-state index is 5.34. The van der Waals surface area contributed by atoms with Crippen LogP contribution in [0.1, 0.15) is 11.1 Å². The lowest BCUT2D eigenvalue weighted by Crippen LogP contribution is -2.40. The molecule has 0 saturated carbocycles. The summed E-state index contributed by atoms with van der Waals surface area (Å²) in [5, 5.41) is 3.49. The average molecular weight is 264 g/mol. The van der Waals surface area contributed by atoms with Gasteiger partial charge in [0.05, 0.1) is 20.3 Å². The lowest BCUT2D eigenvalue weighted by atomic mass is 10.1. The summed E-state index contributed by atoms with van der Waals surface area (Å²) in [6, 6.07) is 6.34. The van der Waals surface area contributed by atoms with Gasteiger partial charge in [0, 0.05) is 32.7 Å². The molecule has 0 spiro atoms. The van der Waals surface area contributed by atoms with Gasteiger partial charge in [0.25, 0.3) is 0 Å². The van der Waals surface area contributed by atoms with Gasteiger partial charge in [0.15, 0.2) is 0 Å². The summed E-state index contributed by atoms with van der Waals surface area (Å²) < 4.78 is 10.6. The molecule has 106 valence electrons. The van der Waals surface area contributed by atoms with Crippen LogP contribution in [0.5, 0.6) is 5.75 Å². The third-order valence-corrected chi connectivity index (χ3v) is 3.50. The first-order chi connectivity index (χ1) is 9.29. The molecule has 1 N–H and O–H groups in total. The maximum atomic E-state index is 5.34. The highest BCUT2D eigenvalue weighted by molar-refractivity contribution is 5.36. The third-order valence-electron chi connectivity index (χ3n) is 3.50. The number of benzene rings is 1. The lowest BCUT2D eigenvalue weighted by Gasteiger charge is -2.26. The van der Waals surface area contributed by atoms with Crippen molar-refractivity contribution in [3.8, 4) is 5.75 Å². The van der Waals surface area contributed by atoms with Gasteiger partial charge in [0.2, 0.25) is 0 Å². The Bertz CT molecular complexity index is 390. The summed E-state index contributed by atoms with van der Waals surface area (Å²) in [4.78, 5) is 2.44. The largest absolute Gasteiger partial charge is 0.496 e. The molecule has 0 amide bonds. The van der Waals surface area contributed by atoms with Gasteiger partial charge in [-0.3, -0.25) is 4.90 Å². The molecule has 4 nitrogen and oxygen atoms in total. The molecule has 0 atom stereocenters. The van der Waals surface area contributed by atoms with Gasteiger partial charge in [-0.15, -0.1) is 0 Å². The number of ether oxygens (including phenoxy) is 2. The third kappa shape index (κ3) is 4.49. The first kappa shape index (κ1) is 14.3. The molecule has 1 saturated heterocycles. The van der Waals surface area contributed by atoms with E-state index in [1.54, 1.807) is 7.11 Å². The zero-order valence-corrected chi connectivity index (χ0v) is 11.9. The Labute approximate surface area is 115 Å². The molecule has 1 fully saturated rings. The van der Waals surface area contributed by atoms with E-state index in [0.717, 1.165) is 51.7 Å². The molecule has 0 bridgehead atoms. The van der Waals surface area contributed by atoms with Crippen LogP contribution in [0.15, 0.2) is 18.2 Å². The number of hydrogen-bond donors (Lipinski definition) is 1. The molecule has 1 aliphatic heterocycles. The van der Waals surface area contributed by atoms with Crippen molar-refractivity contribution in [2.45, 2.75) is 13.5 Å². The van der Waals surface area contributed by atoms with E-state index in [1.807, 2.05) is 6.07 Å². The standard InChI is InChI=1S/C15H24N2O2/c1-13-11-14(3-4-15(13)18-2)12-16-5-6-17-7-9-19-10-8-17/h3-4,11,16H,5-10,12H2,1-2H3. The van der Waals surface area contributed by atoms with Crippen molar-refractivity contribution in [3.05, 3.63) is 29.3 Å². The van der Waals surface area contributed by atoms with Crippen molar-refractivity contribution in [2.24, 2.45) is 0 Å². The zero-order valence-electron chi connectivity index (χ0n) is 11.9. The average Bonchev–Trinajstić information content (AvgIpc) is 2.45. The smallest absolute Gasteiger partial charge is 0.121 e. The molecule has 0 aromatic heterocycles.